The summed E-state index contributed by atoms with van der Waals surface area (Å²) in [5.41, 5.74) is 0. The van der Waals surface area contributed by atoms with Crippen LogP contribution in [0, 0.1) is 0 Å². The van der Waals surface area contributed by atoms with Crippen LogP contribution < -0.4 is 5.32 Å². The molecule has 0 saturated carbocycles. The van der Waals surface area contributed by atoms with Crippen LogP contribution >= 0.6 is 0 Å². The van der Waals surface area contributed by atoms with E-state index in [1.54, 1.807) is 6.08 Å². The number of esters is 1. The Balaban J connectivity index is 3.31. The van der Waals surface area contributed by atoms with Crippen molar-refractivity contribution < 1.29 is 24.5 Å². The molecule has 0 aliphatic rings. The first-order valence-corrected chi connectivity index (χ1v) is 44.6. The van der Waals surface area contributed by atoms with E-state index in [1.807, 2.05) is 6.08 Å². The van der Waals surface area contributed by atoms with Gasteiger partial charge in [0.2, 0.25) is 5.91 Å². The van der Waals surface area contributed by atoms with E-state index in [-0.39, 0.29) is 18.5 Å². The zero-order chi connectivity index (χ0) is 69.1. The topological polar surface area (TPSA) is 95.9 Å². The fraction of sp³-hybridized carbons (Fsp3) is 0.933. The molecule has 6 heteroatoms. The largest absolute Gasteiger partial charge is 0.466 e. The van der Waals surface area contributed by atoms with Crippen molar-refractivity contribution in [1.82, 2.24) is 5.32 Å². The maximum absolute atomic E-state index is 12.6. The van der Waals surface area contributed by atoms with Gasteiger partial charge >= 0.3 is 5.97 Å². The van der Waals surface area contributed by atoms with Crippen LogP contribution in [-0.4, -0.2) is 47.4 Å². The van der Waals surface area contributed by atoms with Crippen molar-refractivity contribution in [3.8, 4) is 0 Å². The summed E-state index contributed by atoms with van der Waals surface area (Å²) in [5, 5.41) is 23.3. The fourth-order valence-corrected chi connectivity index (χ4v) is 14.5. The van der Waals surface area contributed by atoms with Crippen molar-refractivity contribution in [2.24, 2.45) is 0 Å². The van der Waals surface area contributed by atoms with Crippen LogP contribution in [0.5, 0.6) is 0 Å². The normalized spacial score (nSPS) is 12.5. The van der Waals surface area contributed by atoms with E-state index in [0.717, 1.165) is 38.5 Å². The highest BCUT2D eigenvalue weighted by atomic mass is 16.5. The minimum Gasteiger partial charge on any atom is -0.466 e. The minimum absolute atomic E-state index is 0.0218. The Morgan fingerprint density at radius 1 is 0.281 bits per heavy atom. The summed E-state index contributed by atoms with van der Waals surface area (Å²) >= 11 is 0. The smallest absolute Gasteiger partial charge is 0.305 e. The van der Waals surface area contributed by atoms with Crippen LogP contribution in [0.3, 0.4) is 0 Å². The fourth-order valence-electron chi connectivity index (χ4n) is 14.5. The van der Waals surface area contributed by atoms with E-state index in [4.69, 9.17) is 4.74 Å². The van der Waals surface area contributed by atoms with Crippen molar-refractivity contribution >= 4 is 11.9 Å². The van der Waals surface area contributed by atoms with Crippen LogP contribution in [0.15, 0.2) is 24.3 Å². The van der Waals surface area contributed by atoms with Gasteiger partial charge in [0.05, 0.1) is 25.4 Å². The predicted molar refractivity (Wildman–Crippen MR) is 426 cm³/mol. The molecule has 3 N–H and O–H groups in total. The highest BCUT2D eigenvalue weighted by Crippen LogP contribution is 2.21. The first-order valence-electron chi connectivity index (χ1n) is 44.6. The number of carbonyl (C=O) groups excluding carboxylic acids is 2. The van der Waals surface area contributed by atoms with Gasteiger partial charge < -0.3 is 20.3 Å². The second-order valence-corrected chi connectivity index (χ2v) is 30.9. The average Bonchev–Trinajstić information content (AvgIpc) is 3.15. The third-order valence-corrected chi connectivity index (χ3v) is 21.2. The number of carbonyl (C=O) groups is 2. The lowest BCUT2D eigenvalue weighted by atomic mass is 10.0. The molecular formula is C90H175NO5. The molecule has 0 aromatic rings. The molecule has 96 heavy (non-hydrogen) atoms. The standard InChI is InChI=1S/C90H175NO5/c1-3-5-7-9-11-13-15-17-19-21-22-23-41-44-47-51-54-58-62-66-70-74-78-82-88(93)87(86-92)91-89(94)83-79-75-71-67-63-59-55-52-48-45-42-39-37-35-33-31-29-27-25-24-26-28-30-32-34-36-38-40-43-46-49-53-57-61-65-69-73-77-81-85-96-90(95)84-80-76-72-68-64-60-56-50-20-18-16-14-12-10-8-6-4-2/h18,20,78,82,87-88,92-93H,3-17,19,21-77,79-81,83-86H2,1-2H3,(H,91,94)/b20-18-,82-78+. The summed E-state index contributed by atoms with van der Waals surface area (Å²) < 4.78 is 5.52. The van der Waals surface area contributed by atoms with E-state index < -0.39 is 12.1 Å². The number of amides is 1. The first kappa shape index (κ1) is 94.3. The molecule has 2 unspecified atom stereocenters. The number of unbranched alkanes of at least 4 members (excludes halogenated alkanes) is 72. The third-order valence-electron chi connectivity index (χ3n) is 21.2. The zero-order valence-corrected chi connectivity index (χ0v) is 65.7. The highest BCUT2D eigenvalue weighted by Gasteiger charge is 2.18. The summed E-state index contributed by atoms with van der Waals surface area (Å²) in [4.78, 5) is 24.7. The van der Waals surface area contributed by atoms with Gasteiger partial charge in [0, 0.05) is 12.8 Å². The second-order valence-electron chi connectivity index (χ2n) is 30.9. The van der Waals surface area contributed by atoms with Crippen molar-refractivity contribution in [2.45, 2.75) is 527 Å². The molecule has 0 rings (SSSR count). The molecule has 0 radical (unpaired) electrons. The van der Waals surface area contributed by atoms with E-state index in [0.29, 0.717) is 19.4 Å². The van der Waals surface area contributed by atoms with Crippen LogP contribution in [0.1, 0.15) is 515 Å². The number of aliphatic hydroxyl groups excluding tert-OH is 2. The first-order chi connectivity index (χ1) is 47.5. The summed E-state index contributed by atoms with van der Waals surface area (Å²) in [6.45, 7) is 4.96. The molecule has 0 aliphatic carbocycles. The lowest BCUT2D eigenvalue weighted by Gasteiger charge is -2.20. The number of nitrogens with one attached hydrogen (secondary N) is 1. The molecule has 0 spiro atoms. The van der Waals surface area contributed by atoms with E-state index in [2.05, 4.69) is 31.3 Å². The predicted octanol–water partition coefficient (Wildman–Crippen LogP) is 29.9. The monoisotopic (exact) mass is 1350 g/mol. The van der Waals surface area contributed by atoms with Crippen LogP contribution in [0.2, 0.25) is 0 Å². The maximum Gasteiger partial charge on any atom is 0.305 e. The van der Waals surface area contributed by atoms with Gasteiger partial charge in [-0.1, -0.05) is 468 Å². The number of hydrogen-bond donors (Lipinski definition) is 3. The molecule has 0 aromatic heterocycles. The highest BCUT2D eigenvalue weighted by molar-refractivity contribution is 5.76. The molecular weight excluding hydrogens is 1170 g/mol. The summed E-state index contributed by atoms with van der Waals surface area (Å²) in [5.74, 6) is -0.0343. The van der Waals surface area contributed by atoms with Crippen molar-refractivity contribution in [2.75, 3.05) is 13.2 Å². The van der Waals surface area contributed by atoms with Gasteiger partial charge in [0.1, 0.15) is 0 Å². The number of hydrogen-bond acceptors (Lipinski definition) is 5. The molecule has 0 aliphatic heterocycles. The van der Waals surface area contributed by atoms with Gasteiger partial charge in [0.25, 0.3) is 0 Å². The number of rotatable bonds is 85. The van der Waals surface area contributed by atoms with Gasteiger partial charge in [-0.25, -0.2) is 0 Å². The van der Waals surface area contributed by atoms with Crippen LogP contribution in [-0.2, 0) is 14.3 Å². The molecule has 2 atom stereocenters. The molecule has 570 valence electrons. The van der Waals surface area contributed by atoms with E-state index in [1.165, 1.54) is 449 Å². The SMILES string of the molecule is CCCCCCCC/C=C\CCCCCCCCCC(=O)OCCCCCCCCCCCCCCCCCCCCCCCCCCCCCCCCCCCCCCCCCC(=O)NC(CO)C(O)/C=C/CCCCCCCCCCCCCCCCCCCCCCC. The molecule has 0 aromatic carbocycles. The Labute approximate surface area is 602 Å². The zero-order valence-electron chi connectivity index (χ0n) is 65.7. The van der Waals surface area contributed by atoms with Crippen molar-refractivity contribution in [1.29, 1.82) is 0 Å². The average molecular weight is 1350 g/mol. The van der Waals surface area contributed by atoms with Gasteiger partial charge in [0.15, 0.2) is 0 Å². The Hall–Kier alpha value is -1.66. The van der Waals surface area contributed by atoms with E-state index in [9.17, 15) is 19.8 Å². The molecule has 0 saturated heterocycles. The quantitative estimate of drug-likeness (QED) is 0.0320. The molecule has 0 bridgehead atoms. The number of aliphatic hydroxyl groups is 2. The summed E-state index contributed by atoms with van der Waals surface area (Å²) in [7, 11) is 0. The second kappa shape index (κ2) is 85.8. The van der Waals surface area contributed by atoms with Crippen molar-refractivity contribution in [3.05, 3.63) is 24.3 Å². The minimum atomic E-state index is -0.841. The third kappa shape index (κ3) is 81.3. The van der Waals surface area contributed by atoms with Crippen LogP contribution in [0.4, 0.5) is 0 Å². The number of ether oxygens (including phenoxy) is 1. The molecule has 1 amide bonds. The molecule has 6 nitrogen and oxygen atoms in total. The van der Waals surface area contributed by atoms with Crippen LogP contribution in [0.25, 0.3) is 0 Å². The Morgan fingerprint density at radius 3 is 0.740 bits per heavy atom. The van der Waals surface area contributed by atoms with Gasteiger partial charge in [-0.05, 0) is 57.8 Å². The molecule has 0 heterocycles. The van der Waals surface area contributed by atoms with Gasteiger partial charge in [-0.15, -0.1) is 0 Å². The summed E-state index contributed by atoms with van der Waals surface area (Å²) in [6.07, 6.45) is 112. The number of allylic oxidation sites excluding steroid dienone is 3. The molecule has 0 fully saturated rings. The van der Waals surface area contributed by atoms with E-state index >= 15 is 0 Å². The Bertz CT molecular complexity index is 1510. The van der Waals surface area contributed by atoms with Crippen molar-refractivity contribution in [3.63, 3.8) is 0 Å². The van der Waals surface area contributed by atoms with Gasteiger partial charge in [-0.3, -0.25) is 9.59 Å². The lowest BCUT2D eigenvalue weighted by molar-refractivity contribution is -0.143. The Morgan fingerprint density at radius 2 is 0.490 bits per heavy atom. The Kier molecular flexibility index (Phi) is 84.3. The van der Waals surface area contributed by atoms with Gasteiger partial charge in [-0.2, -0.15) is 0 Å². The lowest BCUT2D eigenvalue weighted by Crippen LogP contribution is -2.45. The summed E-state index contributed by atoms with van der Waals surface area (Å²) in [6, 6.07) is -0.624. The maximum atomic E-state index is 12.6.